The van der Waals surface area contributed by atoms with E-state index in [1.165, 1.54) is 19.3 Å². The van der Waals surface area contributed by atoms with E-state index in [2.05, 4.69) is 29.2 Å². The minimum absolute atomic E-state index is 0.488. The summed E-state index contributed by atoms with van der Waals surface area (Å²) in [4.78, 5) is 4.41. The van der Waals surface area contributed by atoms with Gasteiger partial charge in [-0.2, -0.15) is 5.10 Å². The summed E-state index contributed by atoms with van der Waals surface area (Å²) in [6.45, 7) is 6.04. The Morgan fingerprint density at radius 1 is 1.45 bits per heavy atom. The third-order valence-corrected chi connectivity index (χ3v) is 4.18. The van der Waals surface area contributed by atoms with Crippen LogP contribution in [0.25, 0.3) is 0 Å². The molecule has 0 spiro atoms. The molecule has 0 radical (unpaired) electrons. The molecule has 20 heavy (non-hydrogen) atoms. The second-order valence-corrected chi connectivity index (χ2v) is 5.74. The first kappa shape index (κ1) is 15.4. The summed E-state index contributed by atoms with van der Waals surface area (Å²) in [5.74, 6) is 1.90. The molecule has 1 aliphatic rings. The van der Waals surface area contributed by atoms with Crippen LogP contribution in [-0.4, -0.2) is 40.6 Å². The second kappa shape index (κ2) is 7.74. The van der Waals surface area contributed by atoms with E-state index in [0.29, 0.717) is 12.1 Å². The number of aryl methyl sites for hydroxylation is 1. The van der Waals surface area contributed by atoms with Gasteiger partial charge in [0.05, 0.1) is 6.10 Å². The first-order valence-corrected chi connectivity index (χ1v) is 7.92. The molecular formula is C15H28N4O. The average Bonchev–Trinajstić information content (AvgIpc) is 2.83. The first-order chi connectivity index (χ1) is 9.76. The Balaban J connectivity index is 1.79. The molecule has 5 nitrogen and oxygen atoms in total. The van der Waals surface area contributed by atoms with Crippen LogP contribution in [-0.2, 0) is 17.7 Å². The van der Waals surface area contributed by atoms with Gasteiger partial charge < -0.3 is 10.1 Å². The molecule has 1 unspecified atom stereocenters. The number of likely N-dealkylation sites (N-methyl/N-ethyl adjacent to an activating group) is 1. The zero-order valence-corrected chi connectivity index (χ0v) is 13.0. The second-order valence-electron chi connectivity index (χ2n) is 5.74. The highest BCUT2D eigenvalue weighted by Gasteiger charge is 2.31. The molecule has 1 aliphatic carbocycles. The summed E-state index contributed by atoms with van der Waals surface area (Å²) in [6.07, 6.45) is 7.88. The quantitative estimate of drug-likeness (QED) is 0.752. The van der Waals surface area contributed by atoms with Gasteiger partial charge in [-0.1, -0.05) is 6.92 Å². The van der Waals surface area contributed by atoms with Crippen molar-refractivity contribution < 1.29 is 4.74 Å². The fourth-order valence-corrected chi connectivity index (χ4v) is 3.01. The molecule has 1 aromatic rings. The highest BCUT2D eigenvalue weighted by atomic mass is 16.5. The Morgan fingerprint density at radius 2 is 2.25 bits per heavy atom. The molecule has 5 heteroatoms. The van der Waals surface area contributed by atoms with Gasteiger partial charge in [0.25, 0.3) is 0 Å². The van der Waals surface area contributed by atoms with Gasteiger partial charge in [0.15, 0.2) is 0 Å². The van der Waals surface area contributed by atoms with Gasteiger partial charge in [-0.3, -0.25) is 4.68 Å². The lowest BCUT2D eigenvalue weighted by molar-refractivity contribution is -0.0289. The molecule has 1 heterocycles. The lowest BCUT2D eigenvalue weighted by Crippen LogP contribution is -2.38. The summed E-state index contributed by atoms with van der Waals surface area (Å²) in [7, 11) is 2.05. The lowest BCUT2D eigenvalue weighted by Gasteiger charge is -2.37. The zero-order valence-electron chi connectivity index (χ0n) is 13.0. The van der Waals surface area contributed by atoms with Crippen molar-refractivity contribution in [2.45, 2.75) is 64.6 Å². The van der Waals surface area contributed by atoms with Gasteiger partial charge in [-0.05, 0) is 45.6 Å². The van der Waals surface area contributed by atoms with E-state index in [1.807, 2.05) is 11.7 Å². The van der Waals surface area contributed by atoms with E-state index in [4.69, 9.17) is 4.74 Å². The van der Waals surface area contributed by atoms with Gasteiger partial charge >= 0.3 is 0 Å². The zero-order chi connectivity index (χ0) is 14.4. The van der Waals surface area contributed by atoms with Crippen molar-refractivity contribution in [2.75, 3.05) is 13.7 Å². The Kier molecular flexibility index (Phi) is 5.98. The van der Waals surface area contributed by atoms with Crippen LogP contribution >= 0.6 is 0 Å². The Morgan fingerprint density at radius 3 is 2.90 bits per heavy atom. The topological polar surface area (TPSA) is 52.0 Å². The minimum atomic E-state index is 0.488. The van der Waals surface area contributed by atoms with Crippen LogP contribution in [0.2, 0.25) is 0 Å². The van der Waals surface area contributed by atoms with Gasteiger partial charge in [-0.25, -0.2) is 4.98 Å². The molecule has 1 N–H and O–H groups in total. The minimum Gasteiger partial charge on any atom is -0.378 e. The molecule has 1 saturated carbocycles. The van der Waals surface area contributed by atoms with Crippen LogP contribution in [0.1, 0.15) is 45.4 Å². The van der Waals surface area contributed by atoms with E-state index in [0.717, 1.165) is 37.7 Å². The van der Waals surface area contributed by atoms with Crippen LogP contribution in [0.3, 0.4) is 0 Å². The van der Waals surface area contributed by atoms with Gasteiger partial charge in [0.2, 0.25) is 0 Å². The van der Waals surface area contributed by atoms with Gasteiger partial charge in [0.1, 0.15) is 12.2 Å². The van der Waals surface area contributed by atoms with Gasteiger partial charge in [-0.15, -0.1) is 0 Å². The summed E-state index contributed by atoms with van der Waals surface area (Å²) < 4.78 is 7.67. The summed E-state index contributed by atoms with van der Waals surface area (Å²) in [5, 5.41) is 7.73. The van der Waals surface area contributed by atoms with Crippen molar-refractivity contribution in [3.05, 3.63) is 12.2 Å². The third kappa shape index (κ3) is 4.03. The molecule has 0 aliphatic heterocycles. The Hall–Kier alpha value is -0.940. The van der Waals surface area contributed by atoms with Crippen LogP contribution in [0.4, 0.5) is 0 Å². The van der Waals surface area contributed by atoms with Crippen molar-refractivity contribution in [3.63, 3.8) is 0 Å². The number of hydrogen-bond donors (Lipinski definition) is 1. The normalized spacial score (nSPS) is 23.6. The number of rotatable bonds is 9. The average molecular weight is 280 g/mol. The number of nitrogens with one attached hydrogen (secondary N) is 1. The molecule has 0 bridgehead atoms. The van der Waals surface area contributed by atoms with Crippen molar-refractivity contribution in [1.82, 2.24) is 20.1 Å². The summed E-state index contributed by atoms with van der Waals surface area (Å²) >= 11 is 0. The predicted octanol–water partition coefficient (Wildman–Crippen LogP) is 2.02. The molecule has 0 amide bonds. The van der Waals surface area contributed by atoms with Crippen LogP contribution in [0, 0.1) is 5.92 Å². The predicted molar refractivity (Wildman–Crippen MR) is 79.6 cm³/mol. The molecule has 2 rings (SSSR count). The van der Waals surface area contributed by atoms with Crippen molar-refractivity contribution in [1.29, 1.82) is 0 Å². The van der Waals surface area contributed by atoms with E-state index >= 15 is 0 Å². The number of hydrogen-bond acceptors (Lipinski definition) is 4. The van der Waals surface area contributed by atoms with Gasteiger partial charge in [0, 0.05) is 25.6 Å². The Labute approximate surface area is 122 Å². The highest BCUT2D eigenvalue weighted by molar-refractivity contribution is 4.92. The largest absolute Gasteiger partial charge is 0.378 e. The van der Waals surface area contributed by atoms with Crippen LogP contribution in [0.15, 0.2) is 6.33 Å². The molecular weight excluding hydrogens is 252 g/mol. The molecule has 1 atom stereocenters. The van der Waals surface area contributed by atoms with Crippen molar-refractivity contribution >= 4 is 0 Å². The van der Waals surface area contributed by atoms with Crippen molar-refractivity contribution in [2.24, 2.45) is 5.92 Å². The third-order valence-electron chi connectivity index (χ3n) is 4.18. The monoisotopic (exact) mass is 280 g/mol. The SMILES string of the molecule is CCCn1ncnc1CC(CC1CC(OCC)C1)NC. The maximum absolute atomic E-state index is 5.63. The Bertz CT molecular complexity index is 387. The highest BCUT2D eigenvalue weighted by Crippen LogP contribution is 2.33. The standard InChI is InChI=1S/C15H28N4O/c1-4-6-19-15(17-11-18-19)10-13(16-3)7-12-8-14(9-12)20-5-2/h11-14,16H,4-10H2,1-3H3. The van der Waals surface area contributed by atoms with Crippen LogP contribution in [0.5, 0.6) is 0 Å². The maximum atomic E-state index is 5.63. The van der Waals surface area contributed by atoms with Crippen LogP contribution < -0.4 is 5.32 Å². The maximum Gasteiger partial charge on any atom is 0.138 e. The number of aromatic nitrogens is 3. The number of nitrogens with zero attached hydrogens (tertiary/aromatic N) is 3. The molecule has 114 valence electrons. The first-order valence-electron chi connectivity index (χ1n) is 7.92. The fourth-order valence-electron chi connectivity index (χ4n) is 3.01. The van der Waals surface area contributed by atoms with Crippen molar-refractivity contribution in [3.8, 4) is 0 Å². The molecule has 1 aromatic heterocycles. The summed E-state index contributed by atoms with van der Waals surface area (Å²) in [6, 6.07) is 0.488. The smallest absolute Gasteiger partial charge is 0.138 e. The van der Waals surface area contributed by atoms with E-state index in [-0.39, 0.29) is 0 Å². The van der Waals surface area contributed by atoms with E-state index < -0.39 is 0 Å². The molecule has 0 saturated heterocycles. The fraction of sp³-hybridized carbons (Fsp3) is 0.867. The van der Waals surface area contributed by atoms with E-state index in [9.17, 15) is 0 Å². The molecule has 1 fully saturated rings. The molecule has 0 aromatic carbocycles. The lowest BCUT2D eigenvalue weighted by atomic mass is 9.77. The van der Waals surface area contributed by atoms with E-state index in [1.54, 1.807) is 6.33 Å². The number of ether oxygens (including phenoxy) is 1. The summed E-state index contributed by atoms with van der Waals surface area (Å²) in [5.41, 5.74) is 0.